The lowest BCUT2D eigenvalue weighted by Gasteiger charge is -2.36. The molecular formula is C14H17N3. The first-order valence-electron chi connectivity index (χ1n) is 6.14. The van der Waals surface area contributed by atoms with Gasteiger partial charge in [0.1, 0.15) is 5.66 Å². The van der Waals surface area contributed by atoms with E-state index in [1.54, 1.807) is 6.34 Å². The van der Waals surface area contributed by atoms with E-state index in [4.69, 9.17) is 5.73 Å². The molecule has 3 N–H and O–H groups in total. The standard InChI is InChI=1S/C14H17N3/c15-14(8-9-16-10-17-14)13-7-3-5-11-4-1-2-6-12(11)13/h1-2,4,6,8-10,13H,3,5,7,15H2,(H,16,17). The highest BCUT2D eigenvalue weighted by atomic mass is 15.1. The second kappa shape index (κ2) is 4.00. The molecule has 0 saturated carbocycles. The van der Waals surface area contributed by atoms with Gasteiger partial charge in [-0.15, -0.1) is 0 Å². The molecule has 3 rings (SSSR count). The Morgan fingerprint density at radius 2 is 2.24 bits per heavy atom. The first-order chi connectivity index (χ1) is 8.30. The minimum atomic E-state index is -0.582. The second-order valence-electron chi connectivity index (χ2n) is 4.79. The van der Waals surface area contributed by atoms with Crippen molar-refractivity contribution in [1.29, 1.82) is 0 Å². The van der Waals surface area contributed by atoms with Crippen molar-refractivity contribution >= 4 is 6.34 Å². The molecule has 1 aromatic rings. The molecule has 3 nitrogen and oxygen atoms in total. The van der Waals surface area contributed by atoms with Gasteiger partial charge in [0, 0.05) is 12.1 Å². The van der Waals surface area contributed by atoms with Crippen LogP contribution in [0.4, 0.5) is 0 Å². The summed E-state index contributed by atoms with van der Waals surface area (Å²) in [6.45, 7) is 0. The number of nitrogens with two attached hydrogens (primary N) is 1. The zero-order valence-electron chi connectivity index (χ0n) is 9.76. The van der Waals surface area contributed by atoms with E-state index in [0.29, 0.717) is 5.92 Å². The molecule has 0 amide bonds. The third-order valence-corrected chi connectivity index (χ3v) is 3.74. The molecule has 2 atom stereocenters. The Morgan fingerprint density at radius 1 is 1.35 bits per heavy atom. The van der Waals surface area contributed by atoms with Crippen molar-refractivity contribution < 1.29 is 0 Å². The lowest BCUT2D eigenvalue weighted by molar-refractivity contribution is 0.388. The average Bonchev–Trinajstić information content (AvgIpc) is 2.39. The zero-order valence-corrected chi connectivity index (χ0v) is 9.76. The summed E-state index contributed by atoms with van der Waals surface area (Å²) in [4.78, 5) is 4.44. The molecule has 1 heterocycles. The quantitative estimate of drug-likeness (QED) is 0.770. The molecule has 0 aromatic heterocycles. The van der Waals surface area contributed by atoms with Gasteiger partial charge in [0.25, 0.3) is 0 Å². The van der Waals surface area contributed by atoms with Crippen LogP contribution in [0.25, 0.3) is 0 Å². The van der Waals surface area contributed by atoms with Gasteiger partial charge in [-0.25, -0.2) is 4.99 Å². The minimum absolute atomic E-state index is 0.294. The Kier molecular flexibility index (Phi) is 2.48. The van der Waals surface area contributed by atoms with E-state index >= 15 is 0 Å². The van der Waals surface area contributed by atoms with Crippen molar-refractivity contribution in [2.75, 3.05) is 0 Å². The molecule has 3 heteroatoms. The molecule has 1 aliphatic carbocycles. The van der Waals surface area contributed by atoms with Gasteiger partial charge in [-0.05, 0) is 36.5 Å². The Hall–Kier alpha value is -1.61. The second-order valence-corrected chi connectivity index (χ2v) is 4.79. The molecule has 2 aliphatic rings. The molecule has 0 saturated heterocycles. The highest BCUT2D eigenvalue weighted by molar-refractivity contribution is 5.59. The number of hydrogen-bond acceptors (Lipinski definition) is 3. The van der Waals surface area contributed by atoms with E-state index in [2.05, 4.69) is 34.6 Å². The van der Waals surface area contributed by atoms with Gasteiger partial charge in [0.05, 0.1) is 6.34 Å². The normalized spacial score (nSPS) is 30.8. The van der Waals surface area contributed by atoms with Crippen molar-refractivity contribution in [1.82, 2.24) is 5.32 Å². The smallest absolute Gasteiger partial charge is 0.137 e. The van der Waals surface area contributed by atoms with E-state index in [1.807, 2.05) is 12.3 Å². The fourth-order valence-corrected chi connectivity index (χ4v) is 2.86. The number of rotatable bonds is 1. The number of nitrogens with one attached hydrogen (secondary N) is 1. The molecule has 88 valence electrons. The summed E-state index contributed by atoms with van der Waals surface area (Å²) >= 11 is 0. The predicted octanol–water partition coefficient (Wildman–Crippen LogP) is 1.91. The lowest BCUT2D eigenvalue weighted by Crippen LogP contribution is -2.45. The predicted molar refractivity (Wildman–Crippen MR) is 69.8 cm³/mol. The first kappa shape index (κ1) is 10.5. The highest BCUT2D eigenvalue weighted by Gasteiger charge is 2.36. The van der Waals surface area contributed by atoms with E-state index in [1.165, 1.54) is 17.5 Å². The molecule has 0 radical (unpaired) electrons. The first-order valence-corrected chi connectivity index (χ1v) is 6.14. The van der Waals surface area contributed by atoms with Gasteiger partial charge in [-0.3, -0.25) is 0 Å². The van der Waals surface area contributed by atoms with Gasteiger partial charge >= 0.3 is 0 Å². The third kappa shape index (κ3) is 1.76. The van der Waals surface area contributed by atoms with Crippen LogP contribution in [0.5, 0.6) is 0 Å². The zero-order chi connectivity index (χ0) is 11.7. The summed E-state index contributed by atoms with van der Waals surface area (Å²) in [6, 6.07) is 8.60. The van der Waals surface area contributed by atoms with E-state index in [-0.39, 0.29) is 0 Å². The van der Waals surface area contributed by atoms with Crippen molar-refractivity contribution in [3.05, 3.63) is 47.7 Å². The van der Waals surface area contributed by atoms with E-state index < -0.39 is 5.66 Å². The van der Waals surface area contributed by atoms with Gasteiger partial charge in [0.2, 0.25) is 0 Å². The maximum Gasteiger partial charge on any atom is 0.137 e. The number of aliphatic imine (C=N–C) groups is 1. The fourth-order valence-electron chi connectivity index (χ4n) is 2.86. The highest BCUT2D eigenvalue weighted by Crippen LogP contribution is 2.39. The van der Waals surface area contributed by atoms with Crippen molar-refractivity contribution in [3.8, 4) is 0 Å². The molecule has 1 aliphatic heterocycles. The van der Waals surface area contributed by atoms with Crippen LogP contribution in [0.15, 0.2) is 41.5 Å². The fraction of sp³-hybridized carbons (Fsp3) is 0.357. The van der Waals surface area contributed by atoms with Gasteiger partial charge in [-0.2, -0.15) is 0 Å². The van der Waals surface area contributed by atoms with Crippen molar-refractivity contribution in [3.63, 3.8) is 0 Å². The van der Waals surface area contributed by atoms with Gasteiger partial charge in [0.15, 0.2) is 0 Å². The summed E-state index contributed by atoms with van der Waals surface area (Å²) in [5.41, 5.74) is 8.63. The molecule has 17 heavy (non-hydrogen) atoms. The van der Waals surface area contributed by atoms with Crippen molar-refractivity contribution in [2.45, 2.75) is 30.8 Å². The van der Waals surface area contributed by atoms with Gasteiger partial charge in [-0.1, -0.05) is 24.3 Å². The molecule has 0 bridgehead atoms. The lowest BCUT2D eigenvalue weighted by atomic mass is 9.76. The number of nitrogens with zero attached hydrogens (tertiary/aromatic N) is 1. The molecular weight excluding hydrogens is 210 g/mol. The summed E-state index contributed by atoms with van der Waals surface area (Å²) in [6.07, 6.45) is 9.00. The molecule has 2 unspecified atom stereocenters. The van der Waals surface area contributed by atoms with Crippen LogP contribution in [-0.2, 0) is 6.42 Å². The summed E-state index contributed by atoms with van der Waals surface area (Å²) in [5, 5.41) is 2.95. The Labute approximate surface area is 101 Å². The van der Waals surface area contributed by atoms with Crippen LogP contribution in [0.2, 0.25) is 0 Å². The molecule has 1 aromatic carbocycles. The number of aryl methyl sites for hydroxylation is 1. The number of benzene rings is 1. The van der Waals surface area contributed by atoms with Crippen LogP contribution in [-0.4, -0.2) is 12.0 Å². The van der Waals surface area contributed by atoms with Crippen molar-refractivity contribution in [2.24, 2.45) is 10.7 Å². The van der Waals surface area contributed by atoms with Gasteiger partial charge < -0.3 is 11.1 Å². The van der Waals surface area contributed by atoms with Crippen LogP contribution >= 0.6 is 0 Å². The monoisotopic (exact) mass is 227 g/mol. The van der Waals surface area contributed by atoms with Crippen LogP contribution in [0.1, 0.15) is 29.9 Å². The topological polar surface area (TPSA) is 50.4 Å². The summed E-state index contributed by atoms with van der Waals surface area (Å²) < 4.78 is 0. The van der Waals surface area contributed by atoms with Crippen LogP contribution in [0, 0.1) is 0 Å². The Morgan fingerprint density at radius 3 is 3.06 bits per heavy atom. The summed E-state index contributed by atoms with van der Waals surface area (Å²) in [7, 11) is 0. The maximum absolute atomic E-state index is 6.42. The van der Waals surface area contributed by atoms with Crippen LogP contribution in [0.3, 0.4) is 0 Å². The number of fused-ring (bicyclic) bond motifs is 1. The third-order valence-electron chi connectivity index (χ3n) is 3.74. The van der Waals surface area contributed by atoms with E-state index in [0.717, 1.165) is 12.8 Å². The average molecular weight is 227 g/mol. The Bertz CT molecular complexity index is 464. The largest absolute Gasteiger partial charge is 0.353 e. The Balaban J connectivity index is 2.03. The molecule has 0 fully saturated rings. The van der Waals surface area contributed by atoms with Crippen LogP contribution < -0.4 is 11.1 Å². The minimum Gasteiger partial charge on any atom is -0.353 e. The summed E-state index contributed by atoms with van der Waals surface area (Å²) in [5.74, 6) is 0.294. The maximum atomic E-state index is 6.42. The van der Waals surface area contributed by atoms with E-state index in [9.17, 15) is 0 Å². The SMILES string of the molecule is NC1(C2CCCc3ccccc32)C=CNC=N1. The molecule has 0 spiro atoms. The number of hydrogen-bond donors (Lipinski definition) is 2.